The van der Waals surface area contributed by atoms with E-state index in [2.05, 4.69) is 28.3 Å². The third-order valence-electron chi connectivity index (χ3n) is 6.79. The number of aromatic nitrogens is 3. The van der Waals surface area contributed by atoms with Crippen LogP contribution in [0.25, 0.3) is 11.6 Å². The summed E-state index contributed by atoms with van der Waals surface area (Å²) in [6.45, 7) is 12.4. The molecule has 0 aromatic carbocycles. The van der Waals surface area contributed by atoms with E-state index in [0.29, 0.717) is 11.0 Å². The number of aliphatic hydroxyl groups is 1. The molecule has 0 saturated heterocycles. The van der Waals surface area contributed by atoms with Gasteiger partial charge in [-0.25, -0.2) is 9.78 Å². The Labute approximate surface area is 261 Å². The van der Waals surface area contributed by atoms with Gasteiger partial charge in [0, 0.05) is 13.5 Å². The minimum Gasteiger partial charge on any atom is -0.474 e. The number of alkyl halides is 6. The third kappa shape index (κ3) is 8.46. The van der Waals surface area contributed by atoms with Crippen molar-refractivity contribution >= 4 is 11.8 Å². The van der Waals surface area contributed by atoms with Gasteiger partial charge in [-0.1, -0.05) is 31.4 Å². The molecule has 46 heavy (non-hydrogen) atoms. The number of anilines is 1. The molecule has 0 spiro atoms. The molecular formula is C30H36F6N4O6. The van der Waals surface area contributed by atoms with E-state index in [1.807, 2.05) is 0 Å². The largest absolute Gasteiger partial charge is 0.474 e. The van der Waals surface area contributed by atoms with Gasteiger partial charge in [0.15, 0.2) is 5.69 Å². The molecule has 4 bridgehead atoms. The van der Waals surface area contributed by atoms with Crippen LogP contribution in [0.4, 0.5) is 36.8 Å². The van der Waals surface area contributed by atoms with E-state index in [1.54, 1.807) is 0 Å². The van der Waals surface area contributed by atoms with Crippen molar-refractivity contribution in [1.29, 1.82) is 0 Å². The van der Waals surface area contributed by atoms with Gasteiger partial charge in [-0.3, -0.25) is 4.90 Å². The summed E-state index contributed by atoms with van der Waals surface area (Å²) < 4.78 is 110. The molecular weight excluding hydrogens is 626 g/mol. The van der Waals surface area contributed by atoms with Gasteiger partial charge in [-0.15, -0.1) is 10.2 Å². The predicted octanol–water partition coefficient (Wildman–Crippen LogP) is 7.30. The number of rotatable bonds is 6. The number of amides is 1. The summed E-state index contributed by atoms with van der Waals surface area (Å²) in [5.41, 5.74) is -6.64. The number of hydrogen-bond donors (Lipinski definition) is 1. The number of allylic oxidation sites excluding steroid dienone is 2. The molecule has 3 atom stereocenters. The molecule has 1 N–H and O–H groups in total. The van der Waals surface area contributed by atoms with E-state index in [1.165, 1.54) is 45.9 Å². The predicted molar refractivity (Wildman–Crippen MR) is 154 cm³/mol. The lowest BCUT2D eigenvalue weighted by Crippen LogP contribution is -2.46. The number of pyridine rings is 1. The van der Waals surface area contributed by atoms with E-state index in [0.717, 1.165) is 7.05 Å². The molecule has 16 heteroatoms. The molecule has 0 radical (unpaired) electrons. The lowest BCUT2D eigenvalue weighted by Gasteiger charge is -2.33. The molecule has 3 rings (SSSR count). The molecule has 3 heterocycles. The molecule has 2 aromatic rings. The van der Waals surface area contributed by atoms with Crippen LogP contribution in [0.1, 0.15) is 64.8 Å². The first-order valence-electron chi connectivity index (χ1n) is 14.1. The Morgan fingerprint density at radius 2 is 1.87 bits per heavy atom. The van der Waals surface area contributed by atoms with Gasteiger partial charge < -0.3 is 23.7 Å². The van der Waals surface area contributed by atoms with Gasteiger partial charge >= 0.3 is 18.4 Å². The minimum absolute atomic E-state index is 0.197. The van der Waals surface area contributed by atoms with Crippen LogP contribution in [0.3, 0.4) is 0 Å². The third-order valence-corrected chi connectivity index (χ3v) is 6.79. The Bertz CT molecular complexity index is 1450. The number of nitrogens with zero attached hydrogens (tertiary/aromatic N) is 4. The molecule has 1 aliphatic heterocycles. The number of carbonyl (C=O) groups excluding carboxylic acids is 1. The Morgan fingerprint density at radius 1 is 1.20 bits per heavy atom. The standard InChI is InChI=1S/C30H36F6N4O6/c1-8-11-18(9-2)16-43-28(30(34,35)36)13-10-12-19(41)14-17(3)44-23-20(29(31,32)33)15-21(40(7)26(42)46-27(4,5)6)22(37-23)24-38-39-25(28)45-24/h8-9,11,15,17,19,41H,1-2,10,12-14,16H2,3-7H3/b18-11+/t17-,19?,28?/m1/s1. The average molecular weight is 663 g/mol. The molecule has 2 aromatic heterocycles. The lowest BCUT2D eigenvalue weighted by molar-refractivity contribution is -0.293. The smallest absolute Gasteiger partial charge is 0.426 e. The van der Waals surface area contributed by atoms with Crippen molar-refractivity contribution in [2.75, 3.05) is 18.6 Å². The van der Waals surface area contributed by atoms with Crippen LogP contribution >= 0.6 is 0 Å². The van der Waals surface area contributed by atoms with E-state index in [-0.39, 0.29) is 24.8 Å². The van der Waals surface area contributed by atoms with Crippen molar-refractivity contribution < 1.29 is 54.9 Å². The zero-order valence-electron chi connectivity index (χ0n) is 26.0. The number of aliphatic hydroxyl groups excluding tert-OH is 1. The maximum Gasteiger partial charge on any atom is 0.426 e. The Balaban J connectivity index is 2.34. The molecule has 0 aliphatic carbocycles. The van der Waals surface area contributed by atoms with Crippen molar-refractivity contribution in [3.8, 4) is 17.5 Å². The van der Waals surface area contributed by atoms with Gasteiger partial charge in [0.25, 0.3) is 11.8 Å². The average Bonchev–Trinajstić information content (AvgIpc) is 3.41. The van der Waals surface area contributed by atoms with Gasteiger partial charge in [0.1, 0.15) is 17.3 Å². The molecule has 0 fully saturated rings. The van der Waals surface area contributed by atoms with Crippen LogP contribution in [0, 0.1) is 0 Å². The van der Waals surface area contributed by atoms with E-state index >= 15 is 13.2 Å². The highest BCUT2D eigenvalue weighted by Crippen LogP contribution is 2.48. The lowest BCUT2D eigenvalue weighted by atomic mass is 9.93. The maximum atomic E-state index is 15.0. The summed E-state index contributed by atoms with van der Waals surface area (Å²) in [6, 6.07) is 0.518. The second-order valence-corrected chi connectivity index (χ2v) is 11.7. The van der Waals surface area contributed by atoms with Gasteiger partial charge in [0.2, 0.25) is 11.5 Å². The fourth-order valence-corrected chi connectivity index (χ4v) is 4.55. The molecule has 10 nitrogen and oxygen atoms in total. The monoisotopic (exact) mass is 662 g/mol. The Hall–Kier alpha value is -3.92. The summed E-state index contributed by atoms with van der Waals surface area (Å²) >= 11 is 0. The highest BCUT2D eigenvalue weighted by Gasteiger charge is 2.61. The SMILES string of the molecule is C=C/C=C(\C=C)COC1(C(F)(F)F)CCCC(O)C[C@@H](C)Oc2nc(c(N(C)C(=O)OC(C)(C)C)cc2C(F)(F)F)-c2nnc1o2. The van der Waals surface area contributed by atoms with E-state index < -0.39 is 89.5 Å². The topological polar surface area (TPSA) is 120 Å². The first kappa shape index (κ1) is 36.5. The van der Waals surface area contributed by atoms with Crippen molar-refractivity contribution in [3.63, 3.8) is 0 Å². The summed E-state index contributed by atoms with van der Waals surface area (Å²) in [5, 5.41) is 17.9. The van der Waals surface area contributed by atoms with Crippen molar-refractivity contribution in [2.45, 2.75) is 89.1 Å². The number of halogens is 6. The summed E-state index contributed by atoms with van der Waals surface area (Å²) in [5.74, 6) is -2.82. The Kier molecular flexibility index (Phi) is 11.0. The summed E-state index contributed by atoms with van der Waals surface area (Å²) in [6.07, 6.45) is -11.2. The summed E-state index contributed by atoms with van der Waals surface area (Å²) in [4.78, 5) is 17.6. The zero-order chi connectivity index (χ0) is 34.7. The number of fused-ring (bicyclic) bond motifs is 5. The van der Waals surface area contributed by atoms with Crippen LogP contribution < -0.4 is 9.64 Å². The molecule has 1 aliphatic rings. The van der Waals surface area contributed by atoms with E-state index in [9.17, 15) is 23.1 Å². The fraction of sp³-hybridized carbons (Fsp3) is 0.533. The van der Waals surface area contributed by atoms with Crippen LogP contribution in [0.2, 0.25) is 0 Å². The van der Waals surface area contributed by atoms with Gasteiger partial charge in [-0.05, 0) is 58.6 Å². The Morgan fingerprint density at radius 3 is 2.43 bits per heavy atom. The van der Waals surface area contributed by atoms with E-state index in [4.69, 9.17) is 18.6 Å². The number of hydrogen-bond acceptors (Lipinski definition) is 9. The van der Waals surface area contributed by atoms with Crippen LogP contribution in [0.15, 0.2) is 47.4 Å². The first-order chi connectivity index (χ1) is 21.2. The summed E-state index contributed by atoms with van der Waals surface area (Å²) in [7, 11) is 1.08. The maximum absolute atomic E-state index is 15.0. The molecule has 2 unspecified atom stereocenters. The van der Waals surface area contributed by atoms with Crippen LogP contribution in [-0.2, 0) is 21.3 Å². The first-order valence-corrected chi connectivity index (χ1v) is 14.1. The highest BCUT2D eigenvalue weighted by atomic mass is 19.4. The van der Waals surface area contributed by atoms with Crippen LogP contribution in [0.5, 0.6) is 5.88 Å². The zero-order valence-corrected chi connectivity index (χ0v) is 26.0. The second kappa shape index (κ2) is 13.8. The van der Waals surface area contributed by atoms with Crippen LogP contribution in [-0.4, -0.2) is 64.0 Å². The van der Waals surface area contributed by atoms with Gasteiger partial charge in [-0.2, -0.15) is 26.3 Å². The number of ether oxygens (including phenoxy) is 3. The molecule has 254 valence electrons. The molecule has 1 amide bonds. The van der Waals surface area contributed by atoms with Gasteiger partial charge in [0.05, 0.1) is 18.4 Å². The minimum atomic E-state index is -5.16. The fourth-order valence-electron chi connectivity index (χ4n) is 4.55. The molecule has 0 saturated carbocycles. The van der Waals surface area contributed by atoms with Crippen molar-refractivity contribution in [1.82, 2.24) is 15.2 Å². The quantitative estimate of drug-likeness (QED) is 0.251. The number of carbonyl (C=O) groups is 1. The highest BCUT2D eigenvalue weighted by molar-refractivity contribution is 5.91. The normalized spacial score (nSPS) is 21.5. The van der Waals surface area contributed by atoms with Crippen molar-refractivity contribution in [2.24, 2.45) is 0 Å². The van der Waals surface area contributed by atoms with Crippen molar-refractivity contribution in [3.05, 3.63) is 54.5 Å². The second-order valence-electron chi connectivity index (χ2n) is 11.7.